The first-order valence-electron chi connectivity index (χ1n) is 7.72. The zero-order valence-corrected chi connectivity index (χ0v) is 11.3. The van der Waals surface area contributed by atoms with E-state index in [0.717, 1.165) is 45.3 Å². The summed E-state index contributed by atoms with van der Waals surface area (Å²) in [5.74, 6) is 0.895. The van der Waals surface area contributed by atoms with Gasteiger partial charge in [-0.25, -0.2) is 0 Å². The van der Waals surface area contributed by atoms with Crippen molar-refractivity contribution in [2.24, 2.45) is 5.92 Å². The van der Waals surface area contributed by atoms with Crippen molar-refractivity contribution in [2.45, 2.75) is 63.5 Å². The molecule has 0 aromatic carbocycles. The first kappa shape index (κ1) is 12.6. The molecule has 1 saturated carbocycles. The highest BCUT2D eigenvalue weighted by Gasteiger charge is 2.39. The van der Waals surface area contributed by atoms with Crippen LogP contribution in [0.5, 0.6) is 0 Å². The van der Waals surface area contributed by atoms with Crippen LogP contribution < -0.4 is 0 Å². The summed E-state index contributed by atoms with van der Waals surface area (Å²) in [7, 11) is 0. The molecule has 0 radical (unpaired) electrons. The maximum Gasteiger partial charge on any atom is 0.137 e. The fraction of sp³-hybridized carbons (Fsp3) is 0.933. The van der Waals surface area contributed by atoms with Crippen molar-refractivity contribution >= 4 is 5.78 Å². The summed E-state index contributed by atoms with van der Waals surface area (Å²) in [6.45, 7) is 3.03. The van der Waals surface area contributed by atoms with E-state index in [1.807, 2.05) is 0 Å². The van der Waals surface area contributed by atoms with Crippen molar-refractivity contribution < 1.29 is 9.53 Å². The van der Waals surface area contributed by atoms with Gasteiger partial charge in [0.15, 0.2) is 0 Å². The van der Waals surface area contributed by atoms with Crippen molar-refractivity contribution in [1.29, 1.82) is 0 Å². The summed E-state index contributed by atoms with van der Waals surface area (Å²) in [6.07, 6.45) is 9.30. The second-order valence-electron chi connectivity index (χ2n) is 6.11. The number of ether oxygens (including phenoxy) is 1. The Bertz CT molecular complexity index is 299. The zero-order valence-electron chi connectivity index (χ0n) is 11.3. The van der Waals surface area contributed by atoms with E-state index in [1.54, 1.807) is 0 Å². The number of ketones is 1. The Hall–Kier alpha value is -0.410. The van der Waals surface area contributed by atoms with E-state index in [1.165, 1.54) is 25.8 Å². The van der Waals surface area contributed by atoms with Crippen LogP contribution in [-0.4, -0.2) is 42.5 Å². The molecule has 2 heterocycles. The van der Waals surface area contributed by atoms with Gasteiger partial charge >= 0.3 is 0 Å². The average molecular weight is 251 g/mol. The second kappa shape index (κ2) is 5.70. The molecule has 1 aliphatic carbocycles. The smallest absolute Gasteiger partial charge is 0.137 e. The lowest BCUT2D eigenvalue weighted by Gasteiger charge is -2.44. The van der Waals surface area contributed by atoms with Crippen LogP contribution in [0.25, 0.3) is 0 Å². The normalized spacial score (nSPS) is 36.1. The van der Waals surface area contributed by atoms with Gasteiger partial charge in [0.25, 0.3) is 0 Å². The number of Topliss-reactive ketones (excluding diaryl/α,β-unsaturated/α-hetero) is 1. The molecule has 0 N–H and O–H groups in total. The quantitative estimate of drug-likeness (QED) is 0.754. The molecular formula is C15H25NO2. The molecule has 3 heteroatoms. The molecule has 3 rings (SSSR count). The van der Waals surface area contributed by atoms with E-state index < -0.39 is 0 Å². The van der Waals surface area contributed by atoms with E-state index in [-0.39, 0.29) is 0 Å². The summed E-state index contributed by atoms with van der Waals surface area (Å²) < 4.78 is 5.48. The Balaban J connectivity index is 1.70. The van der Waals surface area contributed by atoms with Crippen molar-refractivity contribution in [1.82, 2.24) is 4.90 Å². The number of carbonyl (C=O) groups is 1. The van der Waals surface area contributed by atoms with Gasteiger partial charge in [0, 0.05) is 37.6 Å². The highest BCUT2D eigenvalue weighted by atomic mass is 16.5. The third-order valence-corrected chi connectivity index (χ3v) is 5.07. The number of piperidine rings is 1. The van der Waals surface area contributed by atoms with E-state index in [4.69, 9.17) is 4.74 Å². The van der Waals surface area contributed by atoms with Crippen LogP contribution in [0.15, 0.2) is 0 Å². The summed E-state index contributed by atoms with van der Waals surface area (Å²) in [5, 5.41) is 0. The zero-order chi connectivity index (χ0) is 12.4. The first-order chi connectivity index (χ1) is 8.86. The molecule has 0 bridgehead atoms. The van der Waals surface area contributed by atoms with Gasteiger partial charge in [-0.1, -0.05) is 6.42 Å². The first-order valence-corrected chi connectivity index (χ1v) is 7.72. The molecule has 2 saturated heterocycles. The predicted molar refractivity (Wildman–Crippen MR) is 70.5 cm³/mol. The number of hydrogen-bond donors (Lipinski definition) is 0. The summed E-state index contributed by atoms with van der Waals surface area (Å²) in [4.78, 5) is 14.7. The maximum absolute atomic E-state index is 12.1. The Morgan fingerprint density at radius 3 is 2.56 bits per heavy atom. The van der Waals surface area contributed by atoms with Crippen LogP contribution in [0.2, 0.25) is 0 Å². The summed E-state index contributed by atoms with van der Waals surface area (Å²) in [5.41, 5.74) is 0. The van der Waals surface area contributed by atoms with Crippen molar-refractivity contribution in [3.05, 3.63) is 0 Å². The number of rotatable bonds is 2. The lowest BCUT2D eigenvalue weighted by atomic mass is 9.86. The predicted octanol–water partition coefficient (Wildman–Crippen LogP) is 2.39. The molecule has 18 heavy (non-hydrogen) atoms. The largest absolute Gasteiger partial charge is 0.381 e. The molecule has 2 atom stereocenters. The Morgan fingerprint density at radius 2 is 1.83 bits per heavy atom. The number of likely N-dealkylation sites (tertiary alicyclic amines) is 1. The third kappa shape index (κ3) is 2.48. The Labute approximate surface area is 110 Å². The van der Waals surface area contributed by atoms with Gasteiger partial charge < -0.3 is 4.74 Å². The SMILES string of the molecule is O=C1CCCC1C1CCCCN1C1CCOCC1. The van der Waals surface area contributed by atoms with E-state index >= 15 is 0 Å². The van der Waals surface area contributed by atoms with Gasteiger partial charge in [-0.3, -0.25) is 9.69 Å². The topological polar surface area (TPSA) is 29.5 Å². The van der Waals surface area contributed by atoms with Gasteiger partial charge in [-0.05, 0) is 45.1 Å². The number of nitrogens with zero attached hydrogens (tertiary/aromatic N) is 1. The van der Waals surface area contributed by atoms with Crippen LogP contribution in [0.3, 0.4) is 0 Å². The molecule has 2 aliphatic heterocycles. The van der Waals surface area contributed by atoms with Crippen molar-refractivity contribution in [3.8, 4) is 0 Å². The molecule has 0 aromatic heterocycles. The lowest BCUT2D eigenvalue weighted by Crippen LogP contribution is -2.52. The Morgan fingerprint density at radius 1 is 1.00 bits per heavy atom. The van der Waals surface area contributed by atoms with Crippen LogP contribution in [0.4, 0.5) is 0 Å². The average Bonchev–Trinajstić information content (AvgIpc) is 2.86. The van der Waals surface area contributed by atoms with Gasteiger partial charge in [0.1, 0.15) is 5.78 Å². The minimum absolute atomic E-state index is 0.355. The highest BCUT2D eigenvalue weighted by Crippen LogP contribution is 2.35. The number of carbonyl (C=O) groups excluding carboxylic acids is 1. The molecule has 3 aliphatic rings. The minimum atomic E-state index is 0.355. The monoisotopic (exact) mass is 251 g/mol. The van der Waals surface area contributed by atoms with Gasteiger partial charge in [-0.2, -0.15) is 0 Å². The lowest BCUT2D eigenvalue weighted by molar-refractivity contribution is -0.124. The molecule has 3 fully saturated rings. The summed E-state index contributed by atoms with van der Waals surface area (Å²) >= 11 is 0. The van der Waals surface area contributed by atoms with Crippen LogP contribution in [0.1, 0.15) is 51.4 Å². The minimum Gasteiger partial charge on any atom is -0.381 e. The van der Waals surface area contributed by atoms with E-state index in [2.05, 4.69) is 4.90 Å². The molecule has 2 unspecified atom stereocenters. The van der Waals surface area contributed by atoms with Crippen molar-refractivity contribution in [3.63, 3.8) is 0 Å². The van der Waals surface area contributed by atoms with Crippen LogP contribution in [0, 0.1) is 5.92 Å². The van der Waals surface area contributed by atoms with Crippen molar-refractivity contribution in [2.75, 3.05) is 19.8 Å². The molecule has 3 nitrogen and oxygen atoms in total. The van der Waals surface area contributed by atoms with Crippen LogP contribution >= 0.6 is 0 Å². The van der Waals surface area contributed by atoms with Crippen LogP contribution in [-0.2, 0) is 9.53 Å². The molecule has 0 amide bonds. The van der Waals surface area contributed by atoms with Gasteiger partial charge in [-0.15, -0.1) is 0 Å². The summed E-state index contributed by atoms with van der Waals surface area (Å²) in [6, 6.07) is 1.23. The fourth-order valence-electron chi connectivity index (χ4n) is 4.13. The molecule has 0 aromatic rings. The molecule has 102 valence electrons. The second-order valence-corrected chi connectivity index (χ2v) is 6.11. The maximum atomic E-state index is 12.1. The van der Waals surface area contributed by atoms with E-state index in [0.29, 0.717) is 23.8 Å². The Kier molecular flexibility index (Phi) is 4.00. The molecule has 0 spiro atoms. The highest BCUT2D eigenvalue weighted by molar-refractivity contribution is 5.83. The fourth-order valence-corrected chi connectivity index (χ4v) is 4.13. The van der Waals surface area contributed by atoms with Gasteiger partial charge in [0.2, 0.25) is 0 Å². The van der Waals surface area contributed by atoms with E-state index in [9.17, 15) is 4.79 Å². The standard InChI is InChI=1S/C15H25NO2/c17-15-6-3-4-13(15)14-5-1-2-9-16(14)12-7-10-18-11-8-12/h12-14H,1-11H2. The third-order valence-electron chi connectivity index (χ3n) is 5.07. The molecular weight excluding hydrogens is 226 g/mol. The number of hydrogen-bond acceptors (Lipinski definition) is 3. The van der Waals surface area contributed by atoms with Gasteiger partial charge in [0.05, 0.1) is 0 Å².